The number of carbonyl (C=O) groups is 1. The summed E-state index contributed by atoms with van der Waals surface area (Å²) < 4.78 is 6.66. The molecule has 3 rings (SSSR count). The summed E-state index contributed by atoms with van der Waals surface area (Å²) in [5.41, 5.74) is 1.36. The zero-order valence-corrected chi connectivity index (χ0v) is 14.7. The van der Waals surface area contributed by atoms with Crippen molar-refractivity contribution in [2.75, 3.05) is 11.9 Å². The number of para-hydroxylation sites is 2. The van der Waals surface area contributed by atoms with Gasteiger partial charge in [-0.1, -0.05) is 42.5 Å². The normalized spacial score (nSPS) is 10.4. The van der Waals surface area contributed by atoms with E-state index in [-0.39, 0.29) is 23.5 Å². The van der Waals surface area contributed by atoms with Crippen LogP contribution in [0.3, 0.4) is 0 Å². The fourth-order valence-corrected chi connectivity index (χ4v) is 2.62. The predicted octanol–water partition coefficient (Wildman–Crippen LogP) is 3.76. The number of hydrogen-bond donors (Lipinski definition) is 1. The molecule has 0 aliphatic carbocycles. The molecule has 1 N–H and O–H groups in total. The first-order valence-electron chi connectivity index (χ1n) is 8.37. The number of nitro groups is 1. The molecule has 1 aromatic heterocycles. The third kappa shape index (κ3) is 4.12. The average Bonchev–Trinajstić information content (AvgIpc) is 3.05. The van der Waals surface area contributed by atoms with Gasteiger partial charge in [-0.25, -0.2) is 9.48 Å². The van der Waals surface area contributed by atoms with Gasteiger partial charge in [-0.2, -0.15) is 5.10 Å². The second kappa shape index (κ2) is 8.13. The fraction of sp³-hybridized carbons (Fsp3) is 0.158. The molecule has 0 atom stereocenters. The quantitative estimate of drug-likeness (QED) is 0.388. The van der Waals surface area contributed by atoms with Crippen molar-refractivity contribution >= 4 is 23.2 Å². The number of aromatic nitrogens is 2. The van der Waals surface area contributed by atoms with Gasteiger partial charge in [0.2, 0.25) is 0 Å². The van der Waals surface area contributed by atoms with Crippen LogP contribution in [-0.4, -0.2) is 27.3 Å². The van der Waals surface area contributed by atoms with Crippen LogP contribution in [-0.2, 0) is 11.3 Å². The Hall–Kier alpha value is -3.68. The van der Waals surface area contributed by atoms with Crippen molar-refractivity contribution < 1.29 is 14.5 Å². The van der Waals surface area contributed by atoms with Gasteiger partial charge in [-0.15, -0.1) is 0 Å². The Labute approximate surface area is 155 Å². The second-order valence-corrected chi connectivity index (χ2v) is 5.67. The number of nitrogens with zero attached hydrogens (tertiary/aromatic N) is 3. The summed E-state index contributed by atoms with van der Waals surface area (Å²) in [6.45, 7) is 2.32. The summed E-state index contributed by atoms with van der Waals surface area (Å²) in [5.74, 6) is -0.204. The van der Waals surface area contributed by atoms with Crippen LogP contribution in [0.25, 0.3) is 0 Å². The lowest BCUT2D eigenvalue weighted by Gasteiger charge is -2.12. The topological polar surface area (TPSA) is 99.3 Å². The largest absolute Gasteiger partial charge is 0.462 e. The van der Waals surface area contributed by atoms with Crippen LogP contribution in [0.5, 0.6) is 0 Å². The molecule has 8 heteroatoms. The minimum absolute atomic E-state index is 0.0974. The Morgan fingerprint density at radius 3 is 2.59 bits per heavy atom. The maximum Gasteiger partial charge on any atom is 0.343 e. The van der Waals surface area contributed by atoms with E-state index in [2.05, 4.69) is 10.4 Å². The monoisotopic (exact) mass is 366 g/mol. The number of rotatable bonds is 7. The van der Waals surface area contributed by atoms with Gasteiger partial charge in [0, 0.05) is 6.07 Å². The number of nitrogens with one attached hydrogen (secondary N) is 1. The van der Waals surface area contributed by atoms with Gasteiger partial charge in [0.15, 0.2) is 0 Å². The molecule has 0 saturated carbocycles. The number of anilines is 2. The van der Waals surface area contributed by atoms with Gasteiger partial charge >= 0.3 is 5.97 Å². The van der Waals surface area contributed by atoms with E-state index in [9.17, 15) is 14.9 Å². The molecule has 0 spiro atoms. The Morgan fingerprint density at radius 2 is 1.89 bits per heavy atom. The van der Waals surface area contributed by atoms with Gasteiger partial charge in [-0.3, -0.25) is 10.1 Å². The zero-order valence-electron chi connectivity index (χ0n) is 14.7. The summed E-state index contributed by atoms with van der Waals surface area (Å²) in [7, 11) is 0. The van der Waals surface area contributed by atoms with Crippen molar-refractivity contribution in [3.63, 3.8) is 0 Å². The lowest BCUT2D eigenvalue weighted by molar-refractivity contribution is -0.383. The molecule has 0 fully saturated rings. The average molecular weight is 366 g/mol. The van der Waals surface area contributed by atoms with Crippen molar-refractivity contribution in [3.8, 4) is 0 Å². The maximum atomic E-state index is 12.3. The third-order valence-electron chi connectivity index (χ3n) is 3.86. The van der Waals surface area contributed by atoms with E-state index < -0.39 is 10.9 Å². The van der Waals surface area contributed by atoms with Crippen LogP contribution < -0.4 is 5.32 Å². The lowest BCUT2D eigenvalue weighted by atomic mass is 10.2. The van der Waals surface area contributed by atoms with Crippen molar-refractivity contribution in [1.29, 1.82) is 0 Å². The van der Waals surface area contributed by atoms with E-state index in [1.165, 1.54) is 12.3 Å². The van der Waals surface area contributed by atoms with E-state index in [0.717, 1.165) is 5.56 Å². The number of ether oxygens (including phenoxy) is 1. The van der Waals surface area contributed by atoms with Crippen LogP contribution in [0.4, 0.5) is 17.2 Å². The molecule has 0 radical (unpaired) electrons. The molecule has 3 aromatic rings. The third-order valence-corrected chi connectivity index (χ3v) is 3.86. The maximum absolute atomic E-state index is 12.3. The molecule has 0 aliphatic heterocycles. The zero-order chi connectivity index (χ0) is 19.2. The highest BCUT2D eigenvalue weighted by atomic mass is 16.6. The lowest BCUT2D eigenvalue weighted by Crippen LogP contribution is -2.11. The first-order chi connectivity index (χ1) is 13.1. The van der Waals surface area contributed by atoms with Gasteiger partial charge in [-0.05, 0) is 18.6 Å². The smallest absolute Gasteiger partial charge is 0.343 e. The summed E-state index contributed by atoms with van der Waals surface area (Å²) in [4.78, 5) is 23.1. The first-order valence-corrected chi connectivity index (χ1v) is 8.37. The number of benzene rings is 2. The summed E-state index contributed by atoms with van der Waals surface area (Å²) in [5, 5.41) is 18.6. The number of hydrogen-bond acceptors (Lipinski definition) is 6. The van der Waals surface area contributed by atoms with E-state index in [1.807, 2.05) is 30.3 Å². The van der Waals surface area contributed by atoms with Crippen LogP contribution in [0.1, 0.15) is 22.8 Å². The van der Waals surface area contributed by atoms with E-state index >= 15 is 0 Å². The van der Waals surface area contributed by atoms with Gasteiger partial charge in [0.05, 0.1) is 24.3 Å². The van der Waals surface area contributed by atoms with Crippen LogP contribution in [0, 0.1) is 10.1 Å². The summed E-state index contributed by atoms with van der Waals surface area (Å²) in [6, 6.07) is 15.8. The predicted molar refractivity (Wildman–Crippen MR) is 100 cm³/mol. The van der Waals surface area contributed by atoms with Crippen molar-refractivity contribution in [2.45, 2.75) is 13.5 Å². The van der Waals surface area contributed by atoms with Gasteiger partial charge in [0.1, 0.15) is 17.1 Å². The van der Waals surface area contributed by atoms with Crippen LogP contribution in [0.15, 0.2) is 60.8 Å². The minimum atomic E-state index is -0.544. The minimum Gasteiger partial charge on any atom is -0.462 e. The molecule has 0 saturated heterocycles. The van der Waals surface area contributed by atoms with Crippen molar-refractivity contribution in [3.05, 3.63) is 82.0 Å². The molecule has 0 aliphatic rings. The van der Waals surface area contributed by atoms with E-state index in [0.29, 0.717) is 12.4 Å². The molecule has 27 heavy (non-hydrogen) atoms. The Balaban J connectivity index is 2.01. The Bertz CT molecular complexity index is 953. The van der Waals surface area contributed by atoms with E-state index in [4.69, 9.17) is 4.74 Å². The fourth-order valence-electron chi connectivity index (χ4n) is 2.62. The molecular formula is C19H18N4O4. The molecule has 0 bridgehead atoms. The number of carbonyl (C=O) groups excluding carboxylic acids is 1. The molecule has 0 amide bonds. The molecule has 2 aromatic carbocycles. The highest BCUT2D eigenvalue weighted by Crippen LogP contribution is 2.29. The van der Waals surface area contributed by atoms with Gasteiger partial charge in [0.25, 0.3) is 5.69 Å². The van der Waals surface area contributed by atoms with Gasteiger partial charge < -0.3 is 10.1 Å². The summed E-state index contributed by atoms with van der Waals surface area (Å²) in [6.07, 6.45) is 1.40. The molecule has 0 unspecified atom stereocenters. The number of esters is 1. The Morgan fingerprint density at radius 1 is 1.19 bits per heavy atom. The molecule has 1 heterocycles. The Kier molecular flexibility index (Phi) is 5.46. The number of nitro benzene ring substituents is 1. The first kappa shape index (κ1) is 18.1. The van der Waals surface area contributed by atoms with Crippen molar-refractivity contribution in [2.24, 2.45) is 0 Å². The summed E-state index contributed by atoms with van der Waals surface area (Å²) >= 11 is 0. The SMILES string of the molecule is CCOC(=O)c1cnn(Cc2ccccc2)c1Nc1ccccc1[N+](=O)[O-]. The molecular weight excluding hydrogens is 348 g/mol. The molecule has 8 nitrogen and oxygen atoms in total. The van der Waals surface area contributed by atoms with Crippen LogP contribution >= 0.6 is 0 Å². The van der Waals surface area contributed by atoms with Crippen LogP contribution in [0.2, 0.25) is 0 Å². The molecule has 138 valence electrons. The second-order valence-electron chi connectivity index (χ2n) is 5.67. The van der Waals surface area contributed by atoms with E-state index in [1.54, 1.807) is 29.8 Å². The van der Waals surface area contributed by atoms with Crippen molar-refractivity contribution in [1.82, 2.24) is 9.78 Å². The highest BCUT2D eigenvalue weighted by molar-refractivity contribution is 5.95. The standard InChI is InChI=1S/C19H18N4O4/c1-2-27-19(24)15-12-20-22(13-14-8-4-3-5-9-14)18(15)21-16-10-6-7-11-17(16)23(25)26/h3-12,21H,2,13H2,1H3. The highest BCUT2D eigenvalue weighted by Gasteiger charge is 2.22.